The number of piperidine rings is 1. The molecule has 1 aromatic carbocycles. The number of nitrogens with zero attached hydrogens (tertiary/aromatic N) is 1. The molecular weight excluding hydrogens is 285 g/mol. The molecule has 1 unspecified atom stereocenters. The largest absolute Gasteiger partial charge is 0.495 e. The van der Waals surface area contributed by atoms with E-state index in [4.69, 9.17) is 10.5 Å². The minimum atomic E-state index is -4.27. The van der Waals surface area contributed by atoms with Crippen molar-refractivity contribution < 1.29 is 22.7 Å². The van der Waals surface area contributed by atoms with Gasteiger partial charge in [0.1, 0.15) is 5.75 Å². The normalized spacial score (nSPS) is 19.4. The number of carbonyl (C=O) groups is 1. The first-order valence-corrected chi connectivity index (χ1v) is 6.62. The van der Waals surface area contributed by atoms with Gasteiger partial charge in [0.2, 0.25) is 0 Å². The van der Waals surface area contributed by atoms with Gasteiger partial charge in [0.15, 0.2) is 0 Å². The highest BCUT2D eigenvalue weighted by Crippen LogP contribution is 2.33. The van der Waals surface area contributed by atoms with Crippen LogP contribution in [0.15, 0.2) is 18.2 Å². The SMILES string of the molecule is COc1ccc(C(=O)N2CCCC(C(F)(F)F)C2)cc1N. The zero-order chi connectivity index (χ0) is 15.6. The average molecular weight is 302 g/mol. The van der Waals surface area contributed by atoms with Gasteiger partial charge in [-0.05, 0) is 31.0 Å². The molecular formula is C14H17F3N2O2. The maximum absolute atomic E-state index is 12.8. The number of alkyl halides is 3. The van der Waals surface area contributed by atoms with Gasteiger partial charge in [-0.2, -0.15) is 13.2 Å². The summed E-state index contributed by atoms with van der Waals surface area (Å²) in [5, 5.41) is 0. The number of nitrogens with two attached hydrogens (primary N) is 1. The number of rotatable bonds is 2. The maximum atomic E-state index is 12.8. The van der Waals surface area contributed by atoms with Crippen LogP contribution in [-0.4, -0.2) is 37.2 Å². The van der Waals surface area contributed by atoms with Crippen molar-refractivity contribution >= 4 is 11.6 Å². The van der Waals surface area contributed by atoms with Crippen molar-refractivity contribution in [1.29, 1.82) is 0 Å². The highest BCUT2D eigenvalue weighted by molar-refractivity contribution is 5.95. The predicted molar refractivity (Wildman–Crippen MR) is 72.1 cm³/mol. The molecule has 0 radical (unpaired) electrons. The number of hydrogen-bond acceptors (Lipinski definition) is 3. The lowest BCUT2D eigenvalue weighted by Crippen LogP contribution is -2.44. The Bertz CT molecular complexity index is 531. The summed E-state index contributed by atoms with van der Waals surface area (Å²) in [6.45, 7) is 0.0333. The second kappa shape index (κ2) is 5.83. The van der Waals surface area contributed by atoms with Crippen LogP contribution < -0.4 is 10.5 Å². The smallest absolute Gasteiger partial charge is 0.393 e. The molecule has 4 nitrogen and oxygen atoms in total. The molecule has 0 spiro atoms. The quantitative estimate of drug-likeness (QED) is 0.855. The lowest BCUT2D eigenvalue weighted by atomic mass is 9.97. The van der Waals surface area contributed by atoms with Crippen LogP contribution in [0.25, 0.3) is 0 Å². The van der Waals surface area contributed by atoms with Crippen LogP contribution in [0, 0.1) is 5.92 Å². The molecule has 7 heteroatoms. The molecule has 1 aliphatic heterocycles. The lowest BCUT2D eigenvalue weighted by Gasteiger charge is -2.33. The van der Waals surface area contributed by atoms with E-state index in [0.717, 1.165) is 0 Å². The molecule has 0 bridgehead atoms. The van der Waals surface area contributed by atoms with Crippen LogP contribution in [0.4, 0.5) is 18.9 Å². The second-order valence-corrected chi connectivity index (χ2v) is 5.09. The molecule has 1 aliphatic rings. The number of nitrogen functional groups attached to an aromatic ring is 1. The number of halogens is 3. The van der Waals surface area contributed by atoms with Crippen molar-refractivity contribution in [2.75, 3.05) is 25.9 Å². The number of carbonyl (C=O) groups excluding carboxylic acids is 1. The minimum absolute atomic E-state index is 0.0675. The Morgan fingerprint density at radius 1 is 1.43 bits per heavy atom. The number of benzene rings is 1. The Morgan fingerprint density at radius 2 is 2.14 bits per heavy atom. The van der Waals surface area contributed by atoms with Gasteiger partial charge in [-0.15, -0.1) is 0 Å². The summed E-state index contributed by atoms with van der Waals surface area (Å²) in [5.41, 5.74) is 6.28. The number of methoxy groups -OCH3 is 1. The van der Waals surface area contributed by atoms with E-state index in [-0.39, 0.29) is 24.2 Å². The fourth-order valence-corrected chi connectivity index (χ4v) is 2.48. The van der Waals surface area contributed by atoms with Crippen molar-refractivity contribution in [3.63, 3.8) is 0 Å². The molecule has 1 heterocycles. The van der Waals surface area contributed by atoms with E-state index in [1.807, 2.05) is 0 Å². The zero-order valence-electron chi connectivity index (χ0n) is 11.6. The predicted octanol–water partition coefficient (Wildman–Crippen LogP) is 2.69. The van der Waals surface area contributed by atoms with Gasteiger partial charge in [0, 0.05) is 18.7 Å². The molecule has 1 amide bonds. The molecule has 2 rings (SSSR count). The third-order valence-electron chi connectivity index (χ3n) is 3.65. The molecule has 1 atom stereocenters. The molecule has 0 aromatic heterocycles. The van der Waals surface area contributed by atoms with Crippen molar-refractivity contribution in [2.24, 2.45) is 5.92 Å². The van der Waals surface area contributed by atoms with E-state index in [0.29, 0.717) is 18.7 Å². The molecule has 1 saturated heterocycles. The van der Waals surface area contributed by atoms with Crippen LogP contribution in [-0.2, 0) is 0 Å². The van der Waals surface area contributed by atoms with Gasteiger partial charge in [0.05, 0.1) is 18.7 Å². The number of ether oxygens (including phenoxy) is 1. The summed E-state index contributed by atoms with van der Waals surface area (Å²) in [4.78, 5) is 13.5. The molecule has 0 saturated carbocycles. The zero-order valence-corrected chi connectivity index (χ0v) is 11.6. The lowest BCUT2D eigenvalue weighted by molar-refractivity contribution is -0.184. The van der Waals surface area contributed by atoms with Crippen LogP contribution in [0.3, 0.4) is 0 Å². The van der Waals surface area contributed by atoms with E-state index in [1.54, 1.807) is 0 Å². The number of hydrogen-bond donors (Lipinski definition) is 1. The van der Waals surface area contributed by atoms with E-state index in [9.17, 15) is 18.0 Å². The Morgan fingerprint density at radius 3 is 2.71 bits per heavy atom. The van der Waals surface area contributed by atoms with E-state index >= 15 is 0 Å². The molecule has 2 N–H and O–H groups in total. The fourth-order valence-electron chi connectivity index (χ4n) is 2.48. The second-order valence-electron chi connectivity index (χ2n) is 5.09. The first-order valence-electron chi connectivity index (χ1n) is 6.62. The first-order chi connectivity index (χ1) is 9.82. The third kappa shape index (κ3) is 3.40. The molecule has 1 aromatic rings. The Hall–Kier alpha value is -1.92. The third-order valence-corrected chi connectivity index (χ3v) is 3.65. The van der Waals surface area contributed by atoms with Crippen molar-refractivity contribution in [1.82, 2.24) is 4.90 Å². The molecule has 0 aliphatic carbocycles. The van der Waals surface area contributed by atoms with Crippen LogP contribution in [0.2, 0.25) is 0 Å². The first kappa shape index (κ1) is 15.5. The van der Waals surface area contributed by atoms with Crippen molar-refractivity contribution in [2.45, 2.75) is 19.0 Å². The summed E-state index contributed by atoms with van der Waals surface area (Å²) in [6.07, 6.45) is -3.85. The molecule has 116 valence electrons. The summed E-state index contributed by atoms with van der Waals surface area (Å²) in [5.74, 6) is -1.46. The minimum Gasteiger partial charge on any atom is -0.495 e. The van der Waals surface area contributed by atoms with E-state index in [1.165, 1.54) is 30.2 Å². The number of likely N-dealkylation sites (tertiary alicyclic amines) is 1. The van der Waals surface area contributed by atoms with E-state index in [2.05, 4.69) is 0 Å². The van der Waals surface area contributed by atoms with E-state index < -0.39 is 18.0 Å². The Labute approximate surface area is 120 Å². The van der Waals surface area contributed by atoms with Crippen molar-refractivity contribution in [3.05, 3.63) is 23.8 Å². The van der Waals surface area contributed by atoms with Gasteiger partial charge in [-0.25, -0.2) is 0 Å². The monoisotopic (exact) mass is 302 g/mol. The van der Waals surface area contributed by atoms with Gasteiger partial charge in [-0.1, -0.05) is 0 Å². The summed E-state index contributed by atoms with van der Waals surface area (Å²) < 4.78 is 43.3. The van der Waals surface area contributed by atoms with Gasteiger partial charge >= 0.3 is 6.18 Å². The summed E-state index contributed by atoms with van der Waals surface area (Å²) in [7, 11) is 1.45. The topological polar surface area (TPSA) is 55.6 Å². The summed E-state index contributed by atoms with van der Waals surface area (Å²) >= 11 is 0. The highest BCUT2D eigenvalue weighted by Gasteiger charge is 2.42. The average Bonchev–Trinajstić information content (AvgIpc) is 2.45. The number of amides is 1. The fraction of sp³-hybridized carbons (Fsp3) is 0.500. The van der Waals surface area contributed by atoms with Crippen LogP contribution in [0.5, 0.6) is 5.75 Å². The van der Waals surface area contributed by atoms with Gasteiger partial charge in [-0.3, -0.25) is 4.79 Å². The maximum Gasteiger partial charge on any atom is 0.393 e. The van der Waals surface area contributed by atoms with Crippen LogP contribution >= 0.6 is 0 Å². The van der Waals surface area contributed by atoms with Crippen molar-refractivity contribution in [3.8, 4) is 5.75 Å². The van der Waals surface area contributed by atoms with Gasteiger partial charge < -0.3 is 15.4 Å². The Kier molecular flexibility index (Phi) is 4.29. The molecule has 1 fully saturated rings. The highest BCUT2D eigenvalue weighted by atomic mass is 19.4. The number of anilines is 1. The molecule has 21 heavy (non-hydrogen) atoms. The van der Waals surface area contributed by atoms with Crippen LogP contribution in [0.1, 0.15) is 23.2 Å². The summed E-state index contributed by atoms with van der Waals surface area (Å²) in [6, 6.07) is 4.47. The van der Waals surface area contributed by atoms with Gasteiger partial charge in [0.25, 0.3) is 5.91 Å². The standard InChI is InChI=1S/C14H17F3N2O2/c1-21-12-5-4-9(7-11(12)18)13(20)19-6-2-3-10(8-19)14(15,16)17/h4-5,7,10H,2-3,6,8,18H2,1H3. The Balaban J connectivity index is 2.14.